The molecule has 2 aromatic carbocycles. The van der Waals surface area contributed by atoms with E-state index in [9.17, 15) is 0 Å². The Morgan fingerprint density at radius 2 is 1.73 bits per heavy atom. The number of nitrogens with zero attached hydrogens (tertiary/aromatic N) is 4. The van der Waals surface area contributed by atoms with Crippen molar-refractivity contribution in [3.8, 4) is 17.7 Å². The van der Waals surface area contributed by atoms with Crippen LogP contribution in [-0.4, -0.2) is 14.5 Å². The Labute approximate surface area is 179 Å². The zero-order valence-electron chi connectivity index (χ0n) is 17.1. The summed E-state index contributed by atoms with van der Waals surface area (Å²) in [5.41, 5.74) is 5.89. The Kier molecular flexibility index (Phi) is 5.06. The number of anilines is 2. The first kappa shape index (κ1) is 19.7. The smallest absolute Gasteiger partial charge is 0.249 e. The molecular formula is C23H20ClN5O. The van der Waals surface area contributed by atoms with Crippen molar-refractivity contribution in [2.24, 2.45) is 7.05 Å². The van der Waals surface area contributed by atoms with Crippen LogP contribution in [0.15, 0.2) is 42.6 Å². The summed E-state index contributed by atoms with van der Waals surface area (Å²) in [6.07, 6.45) is 1.79. The summed E-state index contributed by atoms with van der Waals surface area (Å²) >= 11 is 6.42. The van der Waals surface area contributed by atoms with Crippen molar-refractivity contribution >= 4 is 34.3 Å². The summed E-state index contributed by atoms with van der Waals surface area (Å²) in [4.78, 5) is 9.20. The fraction of sp³-hybridized carbons (Fsp3) is 0.174. The minimum absolute atomic E-state index is 0.359. The highest BCUT2D eigenvalue weighted by Gasteiger charge is 2.18. The minimum Gasteiger partial charge on any atom is -0.436 e. The molecule has 6 nitrogen and oxygen atoms in total. The van der Waals surface area contributed by atoms with E-state index in [0.717, 1.165) is 22.6 Å². The molecule has 7 heteroatoms. The summed E-state index contributed by atoms with van der Waals surface area (Å²) in [5.74, 6) is 1.54. The molecule has 0 unspecified atom stereocenters. The van der Waals surface area contributed by atoms with Gasteiger partial charge in [-0.15, -0.1) is 0 Å². The van der Waals surface area contributed by atoms with Crippen molar-refractivity contribution in [3.63, 3.8) is 0 Å². The van der Waals surface area contributed by atoms with Gasteiger partial charge in [-0.25, -0.2) is 4.98 Å². The highest BCUT2D eigenvalue weighted by Crippen LogP contribution is 2.36. The number of nitrogens with one attached hydrogen (secondary N) is 1. The lowest BCUT2D eigenvalue weighted by molar-refractivity contribution is 0.459. The van der Waals surface area contributed by atoms with Crippen molar-refractivity contribution in [3.05, 3.63) is 69.9 Å². The van der Waals surface area contributed by atoms with Crippen molar-refractivity contribution in [1.29, 1.82) is 5.26 Å². The van der Waals surface area contributed by atoms with Gasteiger partial charge in [-0.3, -0.25) is 0 Å². The predicted molar refractivity (Wildman–Crippen MR) is 119 cm³/mol. The van der Waals surface area contributed by atoms with Crippen molar-refractivity contribution in [2.75, 3.05) is 5.32 Å². The van der Waals surface area contributed by atoms with E-state index in [1.165, 1.54) is 5.56 Å². The first-order valence-corrected chi connectivity index (χ1v) is 9.79. The van der Waals surface area contributed by atoms with Gasteiger partial charge in [0.1, 0.15) is 16.8 Å². The molecule has 0 fully saturated rings. The number of fused-ring (bicyclic) bond motifs is 1. The SMILES string of the molecule is Cc1cc(C)c(Oc2nc(Nc3ccc(C#N)cc3)nc3c(Cl)cn(C)c23)c(C)c1. The highest BCUT2D eigenvalue weighted by atomic mass is 35.5. The number of hydrogen-bond acceptors (Lipinski definition) is 5. The number of benzene rings is 2. The zero-order valence-corrected chi connectivity index (χ0v) is 17.9. The van der Waals surface area contributed by atoms with Crippen LogP contribution < -0.4 is 10.1 Å². The fourth-order valence-corrected chi connectivity index (χ4v) is 3.80. The molecule has 0 aliphatic heterocycles. The lowest BCUT2D eigenvalue weighted by atomic mass is 10.1. The van der Waals surface area contributed by atoms with Gasteiger partial charge in [0, 0.05) is 18.9 Å². The number of rotatable bonds is 4. The molecule has 0 aliphatic carbocycles. The fourth-order valence-electron chi connectivity index (χ4n) is 3.52. The quantitative estimate of drug-likeness (QED) is 0.443. The van der Waals surface area contributed by atoms with Crippen LogP contribution in [0, 0.1) is 32.1 Å². The molecule has 0 radical (unpaired) electrons. The maximum absolute atomic E-state index is 8.98. The number of nitriles is 1. The molecule has 0 amide bonds. The van der Waals surface area contributed by atoms with Crippen LogP contribution in [-0.2, 0) is 7.05 Å². The van der Waals surface area contributed by atoms with Gasteiger partial charge in [0.15, 0.2) is 0 Å². The summed E-state index contributed by atoms with van der Waals surface area (Å²) in [6, 6.07) is 13.3. The molecule has 1 N–H and O–H groups in total. The van der Waals surface area contributed by atoms with Crippen LogP contribution in [0.4, 0.5) is 11.6 Å². The topological polar surface area (TPSA) is 75.8 Å². The molecule has 150 valence electrons. The van der Waals surface area contributed by atoms with Crippen LogP contribution in [0.2, 0.25) is 5.02 Å². The lowest BCUT2D eigenvalue weighted by Crippen LogP contribution is -2.02. The standard InChI is InChI=1S/C23H20ClN5O/c1-13-9-14(2)21(15(3)10-13)30-22-20-19(18(24)12-29(20)4)27-23(28-22)26-17-7-5-16(11-25)6-8-17/h5-10,12H,1-4H3,(H,26,27,28). The Balaban J connectivity index is 1.81. The second kappa shape index (κ2) is 7.69. The second-order valence-electron chi connectivity index (χ2n) is 7.28. The van der Waals surface area contributed by atoms with Gasteiger partial charge in [-0.2, -0.15) is 10.2 Å². The van der Waals surface area contributed by atoms with Gasteiger partial charge in [-0.1, -0.05) is 29.3 Å². The molecular weight excluding hydrogens is 398 g/mol. The van der Waals surface area contributed by atoms with Crippen LogP contribution in [0.25, 0.3) is 11.0 Å². The first-order chi connectivity index (χ1) is 14.4. The maximum Gasteiger partial charge on any atom is 0.249 e. The summed E-state index contributed by atoms with van der Waals surface area (Å²) < 4.78 is 8.16. The third-order valence-electron chi connectivity index (χ3n) is 4.81. The maximum atomic E-state index is 8.98. The number of hydrogen-bond donors (Lipinski definition) is 1. The number of aromatic nitrogens is 3. The van der Waals surface area contributed by atoms with Gasteiger partial charge < -0.3 is 14.6 Å². The van der Waals surface area contributed by atoms with E-state index in [1.807, 2.05) is 25.5 Å². The normalized spacial score (nSPS) is 10.8. The number of aryl methyl sites for hydroxylation is 4. The van der Waals surface area contributed by atoms with Gasteiger partial charge in [-0.05, 0) is 56.2 Å². The lowest BCUT2D eigenvalue weighted by Gasteiger charge is -2.14. The molecule has 0 aliphatic rings. The van der Waals surface area contributed by atoms with E-state index >= 15 is 0 Å². The van der Waals surface area contributed by atoms with E-state index in [4.69, 9.17) is 21.6 Å². The third-order valence-corrected chi connectivity index (χ3v) is 5.09. The van der Waals surface area contributed by atoms with Crippen molar-refractivity contribution in [1.82, 2.24) is 14.5 Å². The number of ether oxygens (including phenoxy) is 1. The van der Waals surface area contributed by atoms with E-state index in [1.54, 1.807) is 30.5 Å². The third kappa shape index (κ3) is 3.68. The zero-order chi connectivity index (χ0) is 21.4. The van der Waals surface area contributed by atoms with Gasteiger partial charge in [0.25, 0.3) is 0 Å². The van der Waals surface area contributed by atoms with Crippen LogP contribution in [0.5, 0.6) is 11.6 Å². The largest absolute Gasteiger partial charge is 0.436 e. The van der Waals surface area contributed by atoms with Gasteiger partial charge in [0.2, 0.25) is 11.8 Å². The van der Waals surface area contributed by atoms with Crippen LogP contribution >= 0.6 is 11.6 Å². The molecule has 0 saturated carbocycles. The molecule has 0 spiro atoms. The van der Waals surface area contributed by atoms with Crippen LogP contribution in [0.3, 0.4) is 0 Å². The molecule has 30 heavy (non-hydrogen) atoms. The molecule has 0 saturated heterocycles. The summed E-state index contributed by atoms with van der Waals surface area (Å²) in [7, 11) is 1.88. The Bertz CT molecular complexity index is 1280. The summed E-state index contributed by atoms with van der Waals surface area (Å²) in [6.45, 7) is 6.09. The van der Waals surface area contributed by atoms with E-state index in [-0.39, 0.29) is 0 Å². The van der Waals surface area contributed by atoms with E-state index in [0.29, 0.717) is 33.4 Å². The van der Waals surface area contributed by atoms with E-state index in [2.05, 4.69) is 40.4 Å². The first-order valence-electron chi connectivity index (χ1n) is 9.41. The minimum atomic E-state index is 0.359. The van der Waals surface area contributed by atoms with Crippen molar-refractivity contribution < 1.29 is 4.74 Å². The monoisotopic (exact) mass is 417 g/mol. The highest BCUT2D eigenvalue weighted by molar-refractivity contribution is 6.35. The van der Waals surface area contributed by atoms with E-state index < -0.39 is 0 Å². The van der Waals surface area contributed by atoms with Crippen molar-refractivity contribution in [2.45, 2.75) is 20.8 Å². The summed E-state index contributed by atoms with van der Waals surface area (Å²) in [5, 5.41) is 12.7. The predicted octanol–water partition coefficient (Wildman–Crippen LogP) is 5.95. The Hall–Kier alpha value is -3.56. The Morgan fingerprint density at radius 1 is 1.07 bits per heavy atom. The second-order valence-corrected chi connectivity index (χ2v) is 7.69. The molecule has 4 aromatic rings. The van der Waals surface area contributed by atoms with Crippen LogP contribution in [0.1, 0.15) is 22.3 Å². The molecule has 4 rings (SSSR count). The molecule has 0 bridgehead atoms. The average molecular weight is 418 g/mol. The average Bonchev–Trinajstić information content (AvgIpc) is 2.99. The number of halogens is 1. The molecule has 2 heterocycles. The molecule has 0 atom stereocenters. The van der Waals surface area contributed by atoms with Gasteiger partial charge >= 0.3 is 0 Å². The Morgan fingerprint density at radius 3 is 2.37 bits per heavy atom. The van der Waals surface area contributed by atoms with Gasteiger partial charge in [0.05, 0.1) is 16.7 Å². The molecule has 2 aromatic heterocycles.